The lowest BCUT2D eigenvalue weighted by atomic mass is 10.1. The van der Waals surface area contributed by atoms with E-state index in [0.29, 0.717) is 0 Å². The second-order valence-corrected chi connectivity index (χ2v) is 4.22. The standard InChI is InChI=1S/C13H10O2S/c14-13(15)16-12-9-5-4-8-11(12)10-6-2-1-3-7-10/h1-9H,(H,14,15). The molecule has 0 amide bonds. The summed E-state index contributed by atoms with van der Waals surface area (Å²) in [7, 11) is 0. The van der Waals surface area contributed by atoms with Crippen molar-refractivity contribution in [1.29, 1.82) is 0 Å². The first-order valence-electron chi connectivity index (χ1n) is 4.82. The normalized spacial score (nSPS) is 10.0. The van der Waals surface area contributed by atoms with Crippen molar-refractivity contribution < 1.29 is 9.90 Å². The maximum absolute atomic E-state index is 10.7. The summed E-state index contributed by atoms with van der Waals surface area (Å²) in [5, 5.41) is 7.92. The van der Waals surface area contributed by atoms with Crippen LogP contribution in [0.3, 0.4) is 0 Å². The highest BCUT2D eigenvalue weighted by molar-refractivity contribution is 8.13. The Bertz CT molecular complexity index is 494. The van der Waals surface area contributed by atoms with E-state index in [1.165, 1.54) is 0 Å². The summed E-state index contributed by atoms with van der Waals surface area (Å²) in [5.74, 6) is 0. The molecule has 16 heavy (non-hydrogen) atoms. The number of benzene rings is 2. The van der Waals surface area contributed by atoms with Gasteiger partial charge in [0.25, 0.3) is 0 Å². The van der Waals surface area contributed by atoms with Crippen LogP contribution in [-0.4, -0.2) is 10.4 Å². The summed E-state index contributed by atoms with van der Waals surface area (Å²) in [4.78, 5) is 11.5. The molecule has 2 nitrogen and oxygen atoms in total. The van der Waals surface area contributed by atoms with E-state index < -0.39 is 5.30 Å². The maximum Gasteiger partial charge on any atom is 0.369 e. The Morgan fingerprint density at radius 1 is 0.938 bits per heavy atom. The second-order valence-electron chi connectivity index (χ2n) is 3.23. The van der Waals surface area contributed by atoms with E-state index in [0.717, 1.165) is 27.8 Å². The Morgan fingerprint density at radius 2 is 1.56 bits per heavy atom. The van der Waals surface area contributed by atoms with E-state index in [2.05, 4.69) is 0 Å². The Kier molecular flexibility index (Phi) is 3.27. The van der Waals surface area contributed by atoms with Gasteiger partial charge in [-0.15, -0.1) is 0 Å². The zero-order valence-corrected chi connectivity index (χ0v) is 9.28. The van der Waals surface area contributed by atoms with Gasteiger partial charge in [-0.3, -0.25) is 0 Å². The summed E-state index contributed by atoms with van der Waals surface area (Å²) < 4.78 is 0. The van der Waals surface area contributed by atoms with Crippen molar-refractivity contribution in [3.63, 3.8) is 0 Å². The van der Waals surface area contributed by atoms with Crippen molar-refractivity contribution in [3.05, 3.63) is 54.6 Å². The Hall–Kier alpha value is -1.74. The monoisotopic (exact) mass is 230 g/mol. The van der Waals surface area contributed by atoms with Crippen LogP contribution in [0.1, 0.15) is 0 Å². The van der Waals surface area contributed by atoms with Crippen molar-refractivity contribution in [2.24, 2.45) is 0 Å². The Morgan fingerprint density at radius 3 is 2.25 bits per heavy atom. The van der Waals surface area contributed by atoms with Gasteiger partial charge in [0.2, 0.25) is 0 Å². The van der Waals surface area contributed by atoms with Crippen molar-refractivity contribution >= 4 is 17.1 Å². The summed E-state index contributed by atoms with van der Waals surface area (Å²) in [6.07, 6.45) is 0. The lowest BCUT2D eigenvalue weighted by molar-refractivity contribution is 0.222. The molecule has 1 N–H and O–H groups in total. The molecule has 0 unspecified atom stereocenters. The molecule has 0 atom stereocenters. The van der Waals surface area contributed by atoms with Gasteiger partial charge >= 0.3 is 5.30 Å². The molecule has 0 saturated carbocycles. The summed E-state index contributed by atoms with van der Waals surface area (Å²) in [6, 6.07) is 17.3. The lowest BCUT2D eigenvalue weighted by Crippen LogP contribution is -1.86. The predicted octanol–water partition coefficient (Wildman–Crippen LogP) is 4.12. The van der Waals surface area contributed by atoms with Crippen LogP contribution < -0.4 is 0 Å². The molecule has 2 aromatic rings. The molecule has 0 saturated heterocycles. The predicted molar refractivity (Wildman–Crippen MR) is 65.8 cm³/mol. The third-order valence-corrected chi connectivity index (χ3v) is 2.92. The lowest BCUT2D eigenvalue weighted by Gasteiger charge is -2.06. The van der Waals surface area contributed by atoms with Crippen LogP contribution in [0.4, 0.5) is 4.79 Å². The molecule has 0 heterocycles. The molecule has 2 aromatic carbocycles. The highest BCUT2D eigenvalue weighted by Crippen LogP contribution is 2.31. The fourth-order valence-corrected chi connectivity index (χ4v) is 2.14. The third kappa shape index (κ3) is 2.44. The fraction of sp³-hybridized carbons (Fsp3) is 0. The van der Waals surface area contributed by atoms with Gasteiger partial charge in [0.1, 0.15) is 0 Å². The van der Waals surface area contributed by atoms with E-state index in [1.54, 1.807) is 0 Å². The van der Waals surface area contributed by atoms with Gasteiger partial charge < -0.3 is 5.11 Å². The average Bonchev–Trinajstić information content (AvgIpc) is 2.30. The molecule has 0 fully saturated rings. The molecule has 0 bridgehead atoms. The van der Waals surface area contributed by atoms with Gasteiger partial charge in [0.05, 0.1) is 0 Å². The second kappa shape index (κ2) is 4.86. The number of thioether (sulfide) groups is 1. The Labute approximate surface area is 97.9 Å². The highest BCUT2D eigenvalue weighted by Gasteiger charge is 2.08. The average molecular weight is 230 g/mol. The molecule has 80 valence electrons. The molecule has 0 aliphatic carbocycles. The molecule has 0 radical (unpaired) electrons. The first-order valence-corrected chi connectivity index (χ1v) is 5.64. The molecular weight excluding hydrogens is 220 g/mol. The van der Waals surface area contributed by atoms with E-state index in [-0.39, 0.29) is 0 Å². The quantitative estimate of drug-likeness (QED) is 0.788. The first kappa shape index (κ1) is 10.8. The van der Waals surface area contributed by atoms with Crippen LogP contribution in [0.15, 0.2) is 59.5 Å². The van der Waals surface area contributed by atoms with Gasteiger partial charge in [-0.1, -0.05) is 48.5 Å². The van der Waals surface area contributed by atoms with E-state index in [9.17, 15) is 4.79 Å². The van der Waals surface area contributed by atoms with E-state index >= 15 is 0 Å². The molecule has 3 heteroatoms. The summed E-state index contributed by atoms with van der Waals surface area (Å²) in [6.45, 7) is 0. The van der Waals surface area contributed by atoms with Crippen LogP contribution in [0, 0.1) is 0 Å². The topological polar surface area (TPSA) is 37.3 Å². The zero-order valence-electron chi connectivity index (χ0n) is 8.46. The van der Waals surface area contributed by atoms with Crippen molar-refractivity contribution in [2.45, 2.75) is 4.90 Å². The zero-order chi connectivity index (χ0) is 11.4. The smallest absolute Gasteiger partial charge is 0.369 e. The van der Waals surface area contributed by atoms with Crippen LogP contribution in [-0.2, 0) is 0 Å². The molecule has 0 aromatic heterocycles. The SMILES string of the molecule is O=C(O)Sc1ccccc1-c1ccccc1. The summed E-state index contributed by atoms with van der Waals surface area (Å²) in [5.41, 5.74) is 1.99. The van der Waals surface area contributed by atoms with Gasteiger partial charge in [-0.2, -0.15) is 0 Å². The minimum atomic E-state index is -0.886. The summed E-state index contributed by atoms with van der Waals surface area (Å²) >= 11 is 0.837. The molecule has 0 aliphatic rings. The van der Waals surface area contributed by atoms with Crippen LogP contribution >= 0.6 is 11.8 Å². The first-order chi connectivity index (χ1) is 7.77. The van der Waals surface area contributed by atoms with E-state index in [4.69, 9.17) is 5.11 Å². The molecule has 2 rings (SSSR count). The van der Waals surface area contributed by atoms with Crippen molar-refractivity contribution in [3.8, 4) is 11.1 Å². The highest BCUT2D eigenvalue weighted by atomic mass is 32.2. The third-order valence-electron chi connectivity index (χ3n) is 2.17. The Balaban J connectivity index is 2.44. The molecule has 0 aliphatic heterocycles. The largest absolute Gasteiger partial charge is 0.473 e. The van der Waals surface area contributed by atoms with Gasteiger partial charge in [0.15, 0.2) is 0 Å². The van der Waals surface area contributed by atoms with Crippen LogP contribution in [0.2, 0.25) is 0 Å². The van der Waals surface area contributed by atoms with Gasteiger partial charge in [-0.05, 0) is 29.0 Å². The minimum absolute atomic E-state index is 0.765. The number of rotatable bonds is 2. The minimum Gasteiger partial charge on any atom is -0.473 e. The van der Waals surface area contributed by atoms with E-state index in [1.807, 2.05) is 54.6 Å². The van der Waals surface area contributed by atoms with Gasteiger partial charge in [-0.25, -0.2) is 4.79 Å². The fourth-order valence-electron chi connectivity index (χ4n) is 1.51. The number of hydrogen-bond acceptors (Lipinski definition) is 2. The van der Waals surface area contributed by atoms with Crippen LogP contribution in [0.25, 0.3) is 11.1 Å². The molecule has 0 spiro atoms. The van der Waals surface area contributed by atoms with Gasteiger partial charge in [0, 0.05) is 4.90 Å². The van der Waals surface area contributed by atoms with Crippen LogP contribution in [0.5, 0.6) is 0 Å². The molecular formula is C13H10O2S. The van der Waals surface area contributed by atoms with Crippen molar-refractivity contribution in [1.82, 2.24) is 0 Å². The maximum atomic E-state index is 10.7. The number of carboxylic acid groups (broad SMARTS) is 1. The van der Waals surface area contributed by atoms with Crippen molar-refractivity contribution in [2.75, 3.05) is 0 Å². The number of carbonyl (C=O) groups is 1. The number of hydrogen-bond donors (Lipinski definition) is 1.